The van der Waals surface area contributed by atoms with Crippen LogP contribution in [0.5, 0.6) is 0 Å². The van der Waals surface area contributed by atoms with E-state index in [4.69, 9.17) is 0 Å². The molecule has 3 nitrogen and oxygen atoms in total. The van der Waals surface area contributed by atoms with E-state index in [0.29, 0.717) is 0 Å². The molecule has 2 aliphatic rings. The molecule has 1 aromatic heterocycles. The van der Waals surface area contributed by atoms with E-state index >= 15 is 0 Å². The van der Waals surface area contributed by atoms with Crippen LogP contribution in [0.2, 0.25) is 0 Å². The van der Waals surface area contributed by atoms with Crippen LogP contribution in [-0.2, 0) is 11.2 Å². The highest BCUT2D eigenvalue weighted by molar-refractivity contribution is 7.07. The molecule has 2 aliphatic heterocycles. The largest absolute Gasteiger partial charge is 0.373 e. The zero-order valence-corrected chi connectivity index (χ0v) is 12.6. The first-order chi connectivity index (χ1) is 10.3. The van der Waals surface area contributed by atoms with Gasteiger partial charge in [0.1, 0.15) is 6.04 Å². The van der Waals surface area contributed by atoms with Gasteiger partial charge in [0.15, 0.2) is 0 Å². The van der Waals surface area contributed by atoms with Crippen LogP contribution < -0.4 is 5.32 Å². The molecule has 3 heterocycles. The molecule has 0 aliphatic carbocycles. The predicted octanol–water partition coefficient (Wildman–Crippen LogP) is 3.45. The van der Waals surface area contributed by atoms with Crippen molar-refractivity contribution in [2.75, 3.05) is 11.9 Å². The molecule has 2 atom stereocenters. The maximum Gasteiger partial charge on any atom is 0.245 e. The summed E-state index contributed by atoms with van der Waals surface area (Å²) < 4.78 is 0. The van der Waals surface area contributed by atoms with Crippen molar-refractivity contribution in [3.05, 3.63) is 52.2 Å². The maximum absolute atomic E-state index is 12.9. The second kappa shape index (κ2) is 5.19. The predicted molar refractivity (Wildman–Crippen MR) is 85.6 cm³/mol. The molecule has 1 aromatic carbocycles. The van der Waals surface area contributed by atoms with E-state index < -0.39 is 0 Å². The molecule has 2 unspecified atom stereocenters. The summed E-state index contributed by atoms with van der Waals surface area (Å²) in [4.78, 5) is 15.0. The highest BCUT2D eigenvalue weighted by Gasteiger charge is 2.36. The monoisotopic (exact) mass is 298 g/mol. The van der Waals surface area contributed by atoms with Crippen LogP contribution in [-0.4, -0.2) is 23.4 Å². The molecule has 2 aromatic rings. The summed E-state index contributed by atoms with van der Waals surface area (Å²) >= 11 is 1.71. The van der Waals surface area contributed by atoms with Gasteiger partial charge in [-0.15, -0.1) is 0 Å². The molecule has 1 N–H and O–H groups in total. The second-order valence-electron chi connectivity index (χ2n) is 5.80. The van der Waals surface area contributed by atoms with E-state index in [1.807, 2.05) is 12.1 Å². The van der Waals surface area contributed by atoms with Gasteiger partial charge in [0.05, 0.1) is 6.04 Å². The minimum atomic E-state index is -0.0957. The van der Waals surface area contributed by atoms with Gasteiger partial charge in [-0.1, -0.05) is 18.2 Å². The van der Waals surface area contributed by atoms with Crippen LogP contribution in [0.3, 0.4) is 0 Å². The number of nitrogens with zero attached hydrogens (tertiary/aromatic N) is 1. The maximum atomic E-state index is 12.9. The summed E-state index contributed by atoms with van der Waals surface area (Å²) in [6, 6.07) is 10.5. The van der Waals surface area contributed by atoms with Gasteiger partial charge in [0, 0.05) is 18.7 Å². The number of hydrogen-bond acceptors (Lipinski definition) is 3. The Morgan fingerprint density at radius 2 is 2.19 bits per heavy atom. The molecule has 21 heavy (non-hydrogen) atoms. The smallest absolute Gasteiger partial charge is 0.245 e. The number of amides is 1. The summed E-state index contributed by atoms with van der Waals surface area (Å²) in [5.41, 5.74) is 3.66. The van der Waals surface area contributed by atoms with E-state index in [2.05, 4.69) is 39.2 Å². The third-order valence-corrected chi connectivity index (χ3v) is 5.23. The number of nitrogens with one attached hydrogen (secondary N) is 1. The van der Waals surface area contributed by atoms with Crippen LogP contribution in [0.1, 0.15) is 30.0 Å². The van der Waals surface area contributed by atoms with Crippen molar-refractivity contribution in [2.24, 2.45) is 0 Å². The fraction of sp³-hybridized carbons (Fsp3) is 0.353. The summed E-state index contributed by atoms with van der Waals surface area (Å²) in [6.07, 6.45) is 3.00. The van der Waals surface area contributed by atoms with Gasteiger partial charge in [0.2, 0.25) is 5.91 Å². The minimum Gasteiger partial charge on any atom is -0.373 e. The fourth-order valence-electron chi connectivity index (χ4n) is 3.49. The van der Waals surface area contributed by atoms with Gasteiger partial charge in [0.25, 0.3) is 0 Å². The Hall–Kier alpha value is -1.81. The zero-order valence-electron chi connectivity index (χ0n) is 11.8. The first-order valence-corrected chi connectivity index (χ1v) is 8.44. The van der Waals surface area contributed by atoms with Crippen LogP contribution >= 0.6 is 11.3 Å². The molecule has 0 spiro atoms. The van der Waals surface area contributed by atoms with Gasteiger partial charge in [-0.3, -0.25) is 4.79 Å². The summed E-state index contributed by atoms with van der Waals surface area (Å²) in [6.45, 7) is 0.883. The lowest BCUT2D eigenvalue weighted by Crippen LogP contribution is -2.41. The van der Waals surface area contributed by atoms with E-state index in [9.17, 15) is 4.79 Å². The third-order valence-electron chi connectivity index (χ3n) is 4.53. The number of thiophene rings is 1. The minimum absolute atomic E-state index is 0.0957. The Balaban J connectivity index is 1.53. The summed E-state index contributed by atoms with van der Waals surface area (Å²) in [5, 5.41) is 7.66. The Morgan fingerprint density at radius 1 is 1.29 bits per heavy atom. The zero-order chi connectivity index (χ0) is 14.2. The Morgan fingerprint density at radius 3 is 3.00 bits per heavy atom. The molecule has 108 valence electrons. The van der Waals surface area contributed by atoms with E-state index in [1.54, 1.807) is 11.3 Å². The fourth-order valence-corrected chi connectivity index (χ4v) is 4.20. The number of hydrogen-bond donors (Lipinski definition) is 1. The van der Waals surface area contributed by atoms with Gasteiger partial charge < -0.3 is 10.2 Å². The molecule has 1 fully saturated rings. The number of anilines is 1. The van der Waals surface area contributed by atoms with Gasteiger partial charge in [-0.25, -0.2) is 0 Å². The number of fused-ring (bicyclic) bond motifs is 1. The van der Waals surface area contributed by atoms with Crippen molar-refractivity contribution in [1.29, 1.82) is 0 Å². The average molecular weight is 298 g/mol. The number of benzene rings is 1. The van der Waals surface area contributed by atoms with E-state index in [0.717, 1.165) is 31.5 Å². The lowest BCUT2D eigenvalue weighted by molar-refractivity contribution is -0.132. The van der Waals surface area contributed by atoms with E-state index in [1.165, 1.54) is 11.1 Å². The summed E-state index contributed by atoms with van der Waals surface area (Å²) in [5.74, 6) is 0.250. The number of para-hydroxylation sites is 1. The third kappa shape index (κ3) is 2.23. The topological polar surface area (TPSA) is 32.3 Å². The molecule has 4 heteroatoms. The first kappa shape index (κ1) is 12.9. The summed E-state index contributed by atoms with van der Waals surface area (Å²) in [7, 11) is 0. The number of likely N-dealkylation sites (tertiary alicyclic amines) is 1. The normalized spacial score (nSPS) is 23.9. The van der Waals surface area contributed by atoms with Crippen molar-refractivity contribution in [3.63, 3.8) is 0 Å². The van der Waals surface area contributed by atoms with Crippen molar-refractivity contribution < 1.29 is 4.79 Å². The molecule has 0 bridgehead atoms. The van der Waals surface area contributed by atoms with Crippen LogP contribution in [0.4, 0.5) is 5.69 Å². The standard InChI is InChI=1S/C17H18N2OS/c20-17(15-10-12-4-1-2-5-14(12)18-15)19-8-3-6-16(19)13-7-9-21-11-13/h1-2,4-5,7,9,11,15-16,18H,3,6,8,10H2. The van der Waals surface area contributed by atoms with Gasteiger partial charge in [-0.2, -0.15) is 11.3 Å². The molecule has 4 rings (SSSR count). The molecule has 0 saturated carbocycles. The van der Waals surface area contributed by atoms with Crippen molar-refractivity contribution in [2.45, 2.75) is 31.3 Å². The highest BCUT2D eigenvalue weighted by atomic mass is 32.1. The van der Waals surface area contributed by atoms with Crippen LogP contribution in [0.25, 0.3) is 0 Å². The van der Waals surface area contributed by atoms with Crippen molar-refractivity contribution >= 4 is 22.9 Å². The quantitative estimate of drug-likeness (QED) is 0.921. The Kier molecular flexibility index (Phi) is 3.19. The Labute approximate surface area is 128 Å². The second-order valence-corrected chi connectivity index (χ2v) is 6.58. The molecular weight excluding hydrogens is 280 g/mol. The number of carbonyl (C=O) groups excluding carboxylic acids is 1. The lowest BCUT2D eigenvalue weighted by Gasteiger charge is -2.27. The molecule has 1 saturated heterocycles. The van der Waals surface area contributed by atoms with Crippen LogP contribution in [0.15, 0.2) is 41.1 Å². The first-order valence-electron chi connectivity index (χ1n) is 7.50. The average Bonchev–Trinajstić information content (AvgIpc) is 3.23. The van der Waals surface area contributed by atoms with Crippen molar-refractivity contribution in [1.82, 2.24) is 4.90 Å². The Bertz CT molecular complexity index is 628. The van der Waals surface area contributed by atoms with E-state index in [-0.39, 0.29) is 18.0 Å². The van der Waals surface area contributed by atoms with Gasteiger partial charge in [-0.05, 0) is 46.9 Å². The van der Waals surface area contributed by atoms with Crippen molar-refractivity contribution in [3.8, 4) is 0 Å². The highest BCUT2D eigenvalue weighted by Crippen LogP contribution is 2.35. The number of carbonyl (C=O) groups is 1. The molecule has 0 radical (unpaired) electrons. The molecule has 1 amide bonds. The lowest BCUT2D eigenvalue weighted by atomic mass is 10.1. The number of rotatable bonds is 2. The van der Waals surface area contributed by atoms with Gasteiger partial charge >= 0.3 is 0 Å². The SMILES string of the molecule is O=C(C1Cc2ccccc2N1)N1CCCC1c1ccsc1. The van der Waals surface area contributed by atoms with Crippen LogP contribution in [0, 0.1) is 0 Å². The molecular formula is C17H18N2OS.